The minimum absolute atomic E-state index is 0. The summed E-state index contributed by atoms with van der Waals surface area (Å²) in [7, 11) is 0. The molecule has 0 aliphatic heterocycles. The molecule has 0 N–H and O–H groups in total. The summed E-state index contributed by atoms with van der Waals surface area (Å²) in [5.74, 6) is 0. The third-order valence-corrected chi connectivity index (χ3v) is 2.96. The first kappa shape index (κ1) is 21.0. The van der Waals surface area contributed by atoms with E-state index in [4.69, 9.17) is 34.8 Å². The molecule has 0 spiro atoms. The second-order valence-corrected chi connectivity index (χ2v) is 5.28. The van der Waals surface area contributed by atoms with Gasteiger partial charge in [0.05, 0.1) is 0 Å². The van der Waals surface area contributed by atoms with Crippen molar-refractivity contribution in [2.24, 2.45) is 0 Å². The maximum atomic E-state index is 5.58. The predicted molar refractivity (Wildman–Crippen MR) is 95.6 cm³/mol. The molecule has 22 heavy (non-hydrogen) atoms. The molecule has 0 radical (unpaired) electrons. The normalized spacial score (nSPS) is 8.50. The van der Waals surface area contributed by atoms with Gasteiger partial charge in [-0.15, -0.1) is 23.8 Å². The second kappa shape index (κ2) is 12.6. The Labute approximate surface area is 157 Å². The van der Waals surface area contributed by atoms with Crippen LogP contribution >= 0.6 is 34.8 Å². The summed E-state index contributed by atoms with van der Waals surface area (Å²) in [6.07, 6.45) is 1.83. The fourth-order valence-electron chi connectivity index (χ4n) is 1.37. The molecule has 0 saturated heterocycles. The van der Waals surface area contributed by atoms with Gasteiger partial charge in [-0.25, -0.2) is 0 Å². The summed E-state index contributed by atoms with van der Waals surface area (Å²) in [6, 6.07) is 22.9. The standard InChI is InChI=1S/C7H7.C6H3Cl3.C5H5.Fe/c1-2-7-5-3-4-6-7;7-4-1-5(8)3-6(9)2-4;1-2-4-5-3-1;/h2-6H,1H2;1-3H;1-5H;/q-1;;-5;. The minimum atomic E-state index is 0. The Hall–Kier alpha value is -0.951. The van der Waals surface area contributed by atoms with E-state index in [9.17, 15) is 0 Å². The van der Waals surface area contributed by atoms with Crippen LogP contribution in [0.25, 0.3) is 6.08 Å². The Morgan fingerprint density at radius 2 is 1.09 bits per heavy atom. The van der Waals surface area contributed by atoms with Crippen molar-refractivity contribution in [3.8, 4) is 0 Å². The topological polar surface area (TPSA) is 0 Å². The van der Waals surface area contributed by atoms with Gasteiger partial charge in [0.2, 0.25) is 0 Å². The van der Waals surface area contributed by atoms with Gasteiger partial charge in [0.1, 0.15) is 0 Å². The number of hydrogen-bond acceptors (Lipinski definition) is 0. The van der Waals surface area contributed by atoms with Crippen molar-refractivity contribution in [1.82, 2.24) is 0 Å². The monoisotopic (exact) mass is 392 g/mol. The summed E-state index contributed by atoms with van der Waals surface area (Å²) in [5, 5.41) is 1.69. The van der Waals surface area contributed by atoms with Gasteiger partial charge in [-0.3, -0.25) is 0 Å². The maximum Gasteiger partial charge on any atom is 0.0435 e. The van der Waals surface area contributed by atoms with Crippen LogP contribution in [0.1, 0.15) is 5.56 Å². The zero-order chi connectivity index (χ0) is 15.5. The summed E-state index contributed by atoms with van der Waals surface area (Å²) in [5.41, 5.74) is 1.19. The van der Waals surface area contributed by atoms with Crippen LogP contribution in [0.5, 0.6) is 0 Å². The van der Waals surface area contributed by atoms with E-state index in [1.54, 1.807) is 18.2 Å². The van der Waals surface area contributed by atoms with Crippen molar-refractivity contribution in [2.75, 3.05) is 0 Å². The predicted octanol–water partition coefficient (Wildman–Crippen LogP) is 7.10. The van der Waals surface area contributed by atoms with E-state index in [1.807, 2.05) is 60.7 Å². The zero-order valence-corrected chi connectivity index (χ0v) is 15.1. The zero-order valence-electron chi connectivity index (χ0n) is 11.7. The van der Waals surface area contributed by atoms with Gasteiger partial charge in [0.25, 0.3) is 0 Å². The minimum Gasteiger partial charge on any atom is -0.748 e. The molecule has 0 fully saturated rings. The van der Waals surface area contributed by atoms with Crippen molar-refractivity contribution < 1.29 is 17.1 Å². The molecule has 3 rings (SSSR count). The third kappa shape index (κ3) is 9.89. The van der Waals surface area contributed by atoms with Crippen molar-refractivity contribution in [3.63, 3.8) is 0 Å². The summed E-state index contributed by atoms with van der Waals surface area (Å²) >= 11 is 16.7. The van der Waals surface area contributed by atoms with E-state index in [-0.39, 0.29) is 17.1 Å². The average molecular weight is 394 g/mol. The van der Waals surface area contributed by atoms with Crippen LogP contribution in [-0.4, -0.2) is 0 Å². The smallest absolute Gasteiger partial charge is 0.0435 e. The van der Waals surface area contributed by atoms with Crippen molar-refractivity contribution in [2.45, 2.75) is 0 Å². The molecule has 0 bridgehead atoms. The molecule has 0 aliphatic carbocycles. The van der Waals surface area contributed by atoms with Gasteiger partial charge in [-0.1, -0.05) is 34.8 Å². The van der Waals surface area contributed by atoms with E-state index in [1.165, 1.54) is 5.56 Å². The van der Waals surface area contributed by atoms with Gasteiger partial charge >= 0.3 is 0 Å². The molecule has 0 aliphatic rings. The van der Waals surface area contributed by atoms with E-state index in [0.29, 0.717) is 15.1 Å². The van der Waals surface area contributed by atoms with Gasteiger partial charge in [-0.2, -0.15) is 18.7 Å². The second-order valence-electron chi connectivity index (χ2n) is 3.97. The van der Waals surface area contributed by atoms with Crippen molar-refractivity contribution in [3.05, 3.63) is 100 Å². The first-order chi connectivity index (χ1) is 10.1. The van der Waals surface area contributed by atoms with Gasteiger partial charge in [0.15, 0.2) is 0 Å². The quantitative estimate of drug-likeness (QED) is 0.306. The van der Waals surface area contributed by atoms with Crippen LogP contribution in [0.4, 0.5) is 0 Å². The summed E-state index contributed by atoms with van der Waals surface area (Å²) in [4.78, 5) is 0. The number of halogens is 3. The van der Waals surface area contributed by atoms with E-state index in [2.05, 4.69) is 6.58 Å². The van der Waals surface area contributed by atoms with Crippen LogP contribution in [0.15, 0.2) is 79.4 Å². The number of hydrogen-bond donors (Lipinski definition) is 0. The van der Waals surface area contributed by atoms with Crippen molar-refractivity contribution in [1.29, 1.82) is 0 Å². The van der Waals surface area contributed by atoms with Crippen LogP contribution < -0.4 is 0 Å². The Bertz CT molecular complexity index is 546. The summed E-state index contributed by atoms with van der Waals surface area (Å²) in [6.45, 7) is 3.60. The van der Waals surface area contributed by atoms with Gasteiger partial charge in [0, 0.05) is 32.1 Å². The molecular weight excluding hydrogens is 378 g/mol. The Morgan fingerprint density at radius 3 is 1.32 bits per heavy atom. The summed E-state index contributed by atoms with van der Waals surface area (Å²) < 4.78 is 0. The van der Waals surface area contributed by atoms with E-state index in [0.717, 1.165) is 0 Å². The molecule has 4 heteroatoms. The van der Waals surface area contributed by atoms with E-state index < -0.39 is 0 Å². The van der Waals surface area contributed by atoms with Crippen LogP contribution in [0.2, 0.25) is 15.1 Å². The van der Waals surface area contributed by atoms with E-state index >= 15 is 0 Å². The Balaban J connectivity index is 0.000000305. The Kier molecular flexibility index (Phi) is 12.0. The molecule has 0 unspecified atom stereocenters. The molecule has 3 aromatic rings. The van der Waals surface area contributed by atoms with Crippen LogP contribution in [0, 0.1) is 0 Å². The first-order valence-electron chi connectivity index (χ1n) is 6.24. The number of benzene rings is 1. The number of rotatable bonds is 1. The van der Waals surface area contributed by atoms with Crippen LogP contribution in [-0.2, 0) is 17.1 Å². The van der Waals surface area contributed by atoms with Crippen molar-refractivity contribution >= 4 is 40.9 Å². The molecule has 3 aromatic carbocycles. The largest absolute Gasteiger partial charge is 0.748 e. The molecular formula is C18H15Cl3Fe-6. The fourth-order valence-corrected chi connectivity index (χ4v) is 2.24. The molecule has 0 atom stereocenters. The Morgan fingerprint density at radius 1 is 0.773 bits per heavy atom. The molecule has 0 aromatic heterocycles. The molecule has 0 amide bonds. The van der Waals surface area contributed by atoms with Gasteiger partial charge < -0.3 is 30.3 Å². The molecule has 0 saturated carbocycles. The maximum absolute atomic E-state index is 5.58. The molecule has 122 valence electrons. The SMILES string of the molecule is C=C[c-]1cccc1.Clc1cc(Cl)cc(Cl)c1.[Fe].[cH-]1[cH-][cH-][cH-][cH-]1. The first-order valence-corrected chi connectivity index (χ1v) is 7.37. The fraction of sp³-hybridized carbons (Fsp3) is 0. The molecule has 0 heterocycles. The van der Waals surface area contributed by atoms with Crippen LogP contribution in [0.3, 0.4) is 0 Å². The average Bonchev–Trinajstić information content (AvgIpc) is 3.14. The van der Waals surface area contributed by atoms with Gasteiger partial charge in [-0.05, 0) is 18.2 Å². The third-order valence-electron chi connectivity index (χ3n) is 2.31. The molecule has 0 nitrogen and oxygen atoms in total.